The Morgan fingerprint density at radius 2 is 1.47 bits per heavy atom. The van der Waals surface area contributed by atoms with Crippen LogP contribution in [-0.4, -0.2) is 80.8 Å². The van der Waals surface area contributed by atoms with Crippen LogP contribution in [0, 0.1) is 5.92 Å². The molecule has 1 saturated carbocycles. The van der Waals surface area contributed by atoms with Crippen molar-refractivity contribution in [1.29, 1.82) is 0 Å². The number of amides is 4. The molecular weight excluding hydrogens is 468 g/mol. The summed E-state index contributed by atoms with van der Waals surface area (Å²) in [7, 11) is 0. The number of fused-ring (bicyclic) bond motifs is 1. The van der Waals surface area contributed by atoms with E-state index in [2.05, 4.69) is 5.32 Å². The van der Waals surface area contributed by atoms with Crippen molar-refractivity contribution in [2.45, 2.75) is 51.0 Å². The Bertz CT molecular complexity index is 959. The van der Waals surface area contributed by atoms with Crippen molar-refractivity contribution in [1.82, 2.24) is 10.2 Å². The fraction of sp³-hybridized carbons (Fsp3) is 0.615. The van der Waals surface area contributed by atoms with E-state index in [0.29, 0.717) is 26.4 Å². The molecule has 10 nitrogen and oxygen atoms in total. The highest BCUT2D eigenvalue weighted by Crippen LogP contribution is 2.33. The van der Waals surface area contributed by atoms with E-state index < -0.39 is 29.7 Å². The standard InChI is InChI=1S/C26H34N2O8/c29-22-9-8-20(24(30)27-22)28-25(31)19-6-3-7-21(23(19)26(28)32)36-17-16-35-15-14-34-13-12-33-11-10-18-4-1-2-5-18/h3,6-7,18,20H,1-2,4-5,8-17H2,(H,27,29,30). The lowest BCUT2D eigenvalue weighted by Crippen LogP contribution is -2.54. The molecule has 1 aliphatic carbocycles. The van der Waals surface area contributed by atoms with E-state index >= 15 is 0 Å². The van der Waals surface area contributed by atoms with Gasteiger partial charge in [-0.3, -0.25) is 29.4 Å². The molecule has 1 aromatic rings. The van der Waals surface area contributed by atoms with Crippen LogP contribution in [0.1, 0.15) is 65.7 Å². The normalized spacial score (nSPS) is 20.2. The van der Waals surface area contributed by atoms with E-state index in [0.717, 1.165) is 23.8 Å². The fourth-order valence-electron chi connectivity index (χ4n) is 4.91. The van der Waals surface area contributed by atoms with Gasteiger partial charge in [-0.05, 0) is 30.9 Å². The first-order chi connectivity index (χ1) is 17.6. The van der Waals surface area contributed by atoms with Crippen molar-refractivity contribution in [3.8, 4) is 5.75 Å². The summed E-state index contributed by atoms with van der Waals surface area (Å²) in [6.45, 7) is 3.21. The summed E-state index contributed by atoms with van der Waals surface area (Å²) in [5.74, 6) is -1.12. The second kappa shape index (κ2) is 12.9. The second-order valence-electron chi connectivity index (χ2n) is 9.25. The van der Waals surface area contributed by atoms with Crippen molar-refractivity contribution in [3.63, 3.8) is 0 Å². The number of hydrogen-bond acceptors (Lipinski definition) is 8. The molecule has 0 bridgehead atoms. The van der Waals surface area contributed by atoms with Crippen LogP contribution >= 0.6 is 0 Å². The van der Waals surface area contributed by atoms with Gasteiger partial charge in [0.15, 0.2) is 0 Å². The minimum absolute atomic E-state index is 0.0711. The molecule has 2 aliphatic heterocycles. The molecule has 1 unspecified atom stereocenters. The number of nitrogens with zero attached hydrogens (tertiary/aromatic N) is 1. The predicted octanol–water partition coefficient (Wildman–Crippen LogP) is 2.10. The number of piperidine rings is 1. The number of carbonyl (C=O) groups is 4. The summed E-state index contributed by atoms with van der Waals surface area (Å²) in [6.07, 6.45) is 6.70. The molecule has 4 rings (SSSR count). The highest BCUT2D eigenvalue weighted by Gasteiger charge is 2.45. The smallest absolute Gasteiger partial charge is 0.266 e. The van der Waals surface area contributed by atoms with E-state index in [9.17, 15) is 19.2 Å². The van der Waals surface area contributed by atoms with E-state index in [-0.39, 0.29) is 42.9 Å². The fourth-order valence-corrected chi connectivity index (χ4v) is 4.91. The number of carbonyl (C=O) groups excluding carboxylic acids is 4. The Balaban J connectivity index is 1.12. The van der Waals surface area contributed by atoms with Crippen LogP contribution in [0.3, 0.4) is 0 Å². The van der Waals surface area contributed by atoms with E-state index in [4.69, 9.17) is 18.9 Å². The first-order valence-corrected chi connectivity index (χ1v) is 12.8. The number of hydrogen-bond donors (Lipinski definition) is 1. The predicted molar refractivity (Wildman–Crippen MR) is 128 cm³/mol. The summed E-state index contributed by atoms with van der Waals surface area (Å²) in [5.41, 5.74) is 0.311. The van der Waals surface area contributed by atoms with Crippen LogP contribution in [0.15, 0.2) is 18.2 Å². The molecule has 2 heterocycles. The first kappa shape index (κ1) is 26.2. The summed E-state index contributed by atoms with van der Waals surface area (Å²) >= 11 is 0. The topological polar surface area (TPSA) is 120 Å². The number of imide groups is 2. The molecule has 1 aromatic carbocycles. The molecule has 2 fully saturated rings. The van der Waals surface area contributed by atoms with Crippen molar-refractivity contribution in [3.05, 3.63) is 29.3 Å². The third-order valence-corrected chi connectivity index (χ3v) is 6.80. The zero-order chi connectivity index (χ0) is 25.3. The molecule has 0 aromatic heterocycles. The van der Waals surface area contributed by atoms with Crippen LogP contribution in [0.4, 0.5) is 0 Å². The monoisotopic (exact) mass is 502 g/mol. The van der Waals surface area contributed by atoms with Crippen molar-refractivity contribution < 1.29 is 38.1 Å². The molecule has 1 atom stereocenters. The molecule has 196 valence electrons. The lowest BCUT2D eigenvalue weighted by Gasteiger charge is -2.27. The molecule has 4 amide bonds. The molecule has 3 aliphatic rings. The lowest BCUT2D eigenvalue weighted by atomic mass is 10.0. The van der Waals surface area contributed by atoms with Crippen molar-refractivity contribution in [2.75, 3.05) is 46.2 Å². The molecule has 0 radical (unpaired) electrons. The summed E-state index contributed by atoms with van der Waals surface area (Å²) in [5, 5.41) is 2.19. The van der Waals surface area contributed by atoms with Gasteiger partial charge in [0, 0.05) is 13.0 Å². The second-order valence-corrected chi connectivity index (χ2v) is 9.25. The van der Waals surface area contributed by atoms with Gasteiger partial charge in [0.1, 0.15) is 18.4 Å². The van der Waals surface area contributed by atoms with Crippen LogP contribution < -0.4 is 10.1 Å². The number of benzene rings is 1. The van der Waals surface area contributed by atoms with E-state index in [1.54, 1.807) is 12.1 Å². The summed E-state index contributed by atoms with van der Waals surface area (Å²) in [6, 6.07) is 3.75. The Morgan fingerprint density at radius 3 is 2.17 bits per heavy atom. The maximum absolute atomic E-state index is 13.0. The Labute approximate surface area is 210 Å². The zero-order valence-corrected chi connectivity index (χ0v) is 20.5. The largest absolute Gasteiger partial charge is 0.490 e. The third-order valence-electron chi connectivity index (χ3n) is 6.80. The zero-order valence-electron chi connectivity index (χ0n) is 20.5. The molecule has 36 heavy (non-hydrogen) atoms. The maximum Gasteiger partial charge on any atom is 0.266 e. The van der Waals surface area contributed by atoms with Gasteiger partial charge < -0.3 is 18.9 Å². The molecule has 0 spiro atoms. The average molecular weight is 503 g/mol. The van der Waals surface area contributed by atoms with Gasteiger partial charge in [0.25, 0.3) is 11.8 Å². The quantitative estimate of drug-likeness (QED) is 0.303. The van der Waals surface area contributed by atoms with Gasteiger partial charge in [-0.25, -0.2) is 0 Å². The molecule has 1 saturated heterocycles. The van der Waals surface area contributed by atoms with Gasteiger partial charge in [0.2, 0.25) is 11.8 Å². The highest BCUT2D eigenvalue weighted by atomic mass is 16.6. The average Bonchev–Trinajstić information content (AvgIpc) is 3.47. The summed E-state index contributed by atoms with van der Waals surface area (Å²) < 4.78 is 22.4. The molecule has 1 N–H and O–H groups in total. The van der Waals surface area contributed by atoms with Gasteiger partial charge in [-0.1, -0.05) is 31.7 Å². The van der Waals surface area contributed by atoms with Crippen LogP contribution in [0.25, 0.3) is 0 Å². The molecule has 10 heteroatoms. The third kappa shape index (κ3) is 6.48. The van der Waals surface area contributed by atoms with Crippen LogP contribution in [0.2, 0.25) is 0 Å². The number of nitrogens with one attached hydrogen (secondary N) is 1. The minimum Gasteiger partial charge on any atom is -0.490 e. The van der Waals surface area contributed by atoms with E-state index in [1.807, 2.05) is 0 Å². The van der Waals surface area contributed by atoms with Crippen molar-refractivity contribution in [2.24, 2.45) is 5.92 Å². The van der Waals surface area contributed by atoms with Crippen molar-refractivity contribution >= 4 is 23.6 Å². The van der Waals surface area contributed by atoms with Gasteiger partial charge >= 0.3 is 0 Å². The number of ether oxygens (including phenoxy) is 4. The van der Waals surface area contributed by atoms with E-state index in [1.165, 1.54) is 31.7 Å². The van der Waals surface area contributed by atoms with Gasteiger partial charge in [-0.15, -0.1) is 0 Å². The Hall–Kier alpha value is -2.82. The lowest BCUT2D eigenvalue weighted by molar-refractivity contribution is -0.136. The summed E-state index contributed by atoms with van der Waals surface area (Å²) in [4.78, 5) is 50.4. The maximum atomic E-state index is 13.0. The Morgan fingerprint density at radius 1 is 0.806 bits per heavy atom. The van der Waals surface area contributed by atoms with Crippen LogP contribution in [0.5, 0.6) is 5.75 Å². The Kier molecular flexibility index (Phi) is 9.43. The highest BCUT2D eigenvalue weighted by molar-refractivity contribution is 6.24. The minimum atomic E-state index is -1.01. The number of rotatable bonds is 14. The van der Waals surface area contributed by atoms with Gasteiger partial charge in [-0.2, -0.15) is 0 Å². The first-order valence-electron chi connectivity index (χ1n) is 12.8. The van der Waals surface area contributed by atoms with Crippen LogP contribution in [-0.2, 0) is 23.8 Å². The molecular formula is C26H34N2O8. The van der Waals surface area contributed by atoms with Gasteiger partial charge in [0.05, 0.1) is 44.2 Å². The SMILES string of the molecule is O=C1CCC(N2C(=O)c3cccc(OCCOCCOCCOCCC4CCCC4)c3C2=O)C(=O)N1.